The van der Waals surface area contributed by atoms with Crippen LogP contribution in [0.15, 0.2) is 42.7 Å². The maximum Gasteiger partial charge on any atom is 0.305 e. The van der Waals surface area contributed by atoms with Crippen molar-refractivity contribution in [3.63, 3.8) is 0 Å². The van der Waals surface area contributed by atoms with E-state index in [1.54, 1.807) is 11.3 Å². The molecule has 1 aliphatic rings. The first kappa shape index (κ1) is 27.3. The van der Waals surface area contributed by atoms with Gasteiger partial charge in [0.15, 0.2) is 5.65 Å². The molecule has 0 spiro atoms. The predicted molar refractivity (Wildman–Crippen MR) is 155 cm³/mol. The number of thiazole rings is 1. The number of carbonyl (C=O) groups is 1. The molecule has 6 nitrogen and oxygen atoms in total. The second kappa shape index (κ2) is 12.2. The molecule has 0 radical (unpaired) electrons. The van der Waals surface area contributed by atoms with Gasteiger partial charge in [-0.1, -0.05) is 17.7 Å². The van der Waals surface area contributed by atoms with Gasteiger partial charge in [-0.25, -0.2) is 9.97 Å². The minimum atomic E-state index is -0.0972. The molecule has 0 saturated carbocycles. The smallest absolute Gasteiger partial charge is 0.305 e. The van der Waals surface area contributed by atoms with E-state index >= 15 is 0 Å². The topological polar surface area (TPSA) is 55.3 Å². The largest absolute Gasteiger partial charge is 0.466 e. The second-order valence-electron chi connectivity index (χ2n) is 10.1. The molecule has 8 heteroatoms. The summed E-state index contributed by atoms with van der Waals surface area (Å²) in [6, 6.07) is 8.23. The van der Waals surface area contributed by atoms with E-state index in [-0.39, 0.29) is 5.97 Å². The van der Waals surface area contributed by atoms with Gasteiger partial charge in [-0.15, -0.1) is 11.3 Å². The van der Waals surface area contributed by atoms with E-state index in [0.29, 0.717) is 13.0 Å². The number of unbranched alkanes of at least 4 members (excludes halogenated alkanes) is 1. The molecular formula is C29H36ClN4O2S+. The molecule has 0 aliphatic carbocycles. The van der Waals surface area contributed by atoms with Gasteiger partial charge in [-0.05, 0) is 68.2 Å². The fourth-order valence-corrected chi connectivity index (χ4v) is 5.89. The maximum atomic E-state index is 11.6. The highest BCUT2D eigenvalue weighted by atomic mass is 35.5. The summed E-state index contributed by atoms with van der Waals surface area (Å²) in [6.45, 7) is 7.30. The summed E-state index contributed by atoms with van der Waals surface area (Å²) in [5, 5.41) is 1.67. The lowest BCUT2D eigenvalue weighted by molar-refractivity contribution is -0.890. The molecule has 0 unspecified atom stereocenters. The summed E-state index contributed by atoms with van der Waals surface area (Å²) in [6.07, 6.45) is 11.8. The van der Waals surface area contributed by atoms with Crippen LogP contribution in [0.4, 0.5) is 5.69 Å². The number of ether oxygens (including phenoxy) is 1. The van der Waals surface area contributed by atoms with Gasteiger partial charge in [0, 0.05) is 30.9 Å². The second-order valence-corrected chi connectivity index (χ2v) is 11.6. The zero-order valence-electron chi connectivity index (χ0n) is 22.2. The number of pyridine rings is 1. The van der Waals surface area contributed by atoms with Crippen molar-refractivity contribution in [1.29, 1.82) is 0 Å². The lowest BCUT2D eigenvalue weighted by atomic mass is 9.99. The summed E-state index contributed by atoms with van der Waals surface area (Å²) in [4.78, 5) is 23.1. The van der Waals surface area contributed by atoms with Crippen LogP contribution in [0.3, 0.4) is 0 Å². The molecule has 4 rings (SSSR count). The number of fused-ring (bicyclic) bond motifs is 2. The molecule has 0 bridgehead atoms. The minimum absolute atomic E-state index is 0.0972. The molecule has 0 N–H and O–H groups in total. The number of benzene rings is 1. The van der Waals surface area contributed by atoms with Gasteiger partial charge in [-0.3, -0.25) is 4.79 Å². The highest BCUT2D eigenvalue weighted by molar-refractivity contribution is 7.19. The SMILES string of the molecule is CCOC(=O)CCC[N+](C)(C)CCCCN1C=CC(=Cc2nc3ncc(C)cc3s2)c2c(Cl)cccc21. The van der Waals surface area contributed by atoms with E-state index in [9.17, 15) is 4.79 Å². The Morgan fingerprint density at radius 1 is 1.22 bits per heavy atom. The average molecular weight is 540 g/mol. The van der Waals surface area contributed by atoms with Crippen LogP contribution in [-0.2, 0) is 9.53 Å². The van der Waals surface area contributed by atoms with Crippen molar-refractivity contribution in [3.05, 3.63) is 63.9 Å². The molecule has 0 saturated heterocycles. The van der Waals surface area contributed by atoms with Crippen molar-refractivity contribution in [1.82, 2.24) is 9.97 Å². The van der Waals surface area contributed by atoms with Gasteiger partial charge in [-0.2, -0.15) is 0 Å². The molecule has 0 fully saturated rings. The molecule has 0 atom stereocenters. The first-order valence-electron chi connectivity index (χ1n) is 12.9. The molecular weight excluding hydrogens is 504 g/mol. The number of quaternary nitrogens is 1. The number of anilines is 1. The van der Waals surface area contributed by atoms with Crippen LogP contribution in [0, 0.1) is 6.92 Å². The third-order valence-corrected chi connectivity index (χ3v) is 7.82. The van der Waals surface area contributed by atoms with Crippen LogP contribution in [0.2, 0.25) is 5.02 Å². The Balaban J connectivity index is 1.38. The summed E-state index contributed by atoms with van der Waals surface area (Å²) in [7, 11) is 4.47. The van der Waals surface area contributed by atoms with Crippen LogP contribution in [0.25, 0.3) is 22.0 Å². The number of esters is 1. The minimum Gasteiger partial charge on any atom is -0.466 e. The van der Waals surface area contributed by atoms with E-state index in [4.69, 9.17) is 21.3 Å². The molecule has 1 aromatic carbocycles. The zero-order valence-corrected chi connectivity index (χ0v) is 23.7. The summed E-state index contributed by atoms with van der Waals surface area (Å²) < 4.78 is 7.04. The first-order chi connectivity index (χ1) is 17.8. The highest BCUT2D eigenvalue weighted by Gasteiger charge is 2.21. The number of nitrogens with zero attached hydrogens (tertiary/aromatic N) is 4. The monoisotopic (exact) mass is 539 g/mol. The Hall–Kier alpha value is -2.74. The molecule has 2 aromatic heterocycles. The number of aromatic nitrogens is 2. The van der Waals surface area contributed by atoms with Crippen LogP contribution in [0.1, 0.15) is 48.7 Å². The Morgan fingerprint density at radius 3 is 2.84 bits per heavy atom. The van der Waals surface area contributed by atoms with Crippen molar-refractivity contribution >= 4 is 56.6 Å². The predicted octanol–water partition coefficient (Wildman–Crippen LogP) is 6.73. The molecule has 1 aliphatic heterocycles. The van der Waals surface area contributed by atoms with E-state index in [1.807, 2.05) is 32.2 Å². The molecule has 3 aromatic rings. The quantitative estimate of drug-likeness (QED) is 0.154. The summed E-state index contributed by atoms with van der Waals surface area (Å²) >= 11 is 8.36. The van der Waals surface area contributed by atoms with Crippen molar-refractivity contribution in [2.24, 2.45) is 0 Å². The van der Waals surface area contributed by atoms with Crippen molar-refractivity contribution in [2.45, 2.75) is 39.5 Å². The third-order valence-electron chi connectivity index (χ3n) is 6.57. The van der Waals surface area contributed by atoms with E-state index < -0.39 is 0 Å². The van der Waals surface area contributed by atoms with Gasteiger partial charge in [0.25, 0.3) is 0 Å². The van der Waals surface area contributed by atoms with Gasteiger partial charge < -0.3 is 14.1 Å². The number of halogens is 1. The first-order valence-corrected chi connectivity index (χ1v) is 14.1. The number of hydrogen-bond donors (Lipinski definition) is 0. The average Bonchev–Trinajstić information content (AvgIpc) is 3.24. The Bertz CT molecular complexity index is 1310. The fourth-order valence-electron chi connectivity index (χ4n) is 4.63. The van der Waals surface area contributed by atoms with E-state index in [0.717, 1.165) is 86.1 Å². The van der Waals surface area contributed by atoms with Gasteiger partial charge in [0.05, 0.1) is 55.6 Å². The van der Waals surface area contributed by atoms with Crippen molar-refractivity contribution < 1.29 is 14.0 Å². The van der Waals surface area contributed by atoms with Gasteiger partial charge in [0.1, 0.15) is 5.01 Å². The van der Waals surface area contributed by atoms with Crippen LogP contribution in [0.5, 0.6) is 0 Å². The number of hydrogen-bond acceptors (Lipinski definition) is 6. The van der Waals surface area contributed by atoms with Gasteiger partial charge in [0.2, 0.25) is 0 Å². The summed E-state index contributed by atoms with van der Waals surface area (Å²) in [5.41, 5.74) is 5.15. The van der Waals surface area contributed by atoms with Gasteiger partial charge >= 0.3 is 5.97 Å². The Kier molecular flexibility index (Phi) is 9.00. The van der Waals surface area contributed by atoms with Crippen LogP contribution < -0.4 is 4.90 Å². The molecule has 196 valence electrons. The van der Waals surface area contributed by atoms with E-state index in [2.05, 4.69) is 54.5 Å². The Morgan fingerprint density at radius 2 is 2.03 bits per heavy atom. The normalized spacial score (nSPS) is 14.4. The lowest BCUT2D eigenvalue weighted by Gasteiger charge is -2.31. The number of aryl methyl sites for hydroxylation is 1. The Labute approximate surface area is 228 Å². The molecule has 0 amide bonds. The molecule has 3 heterocycles. The zero-order chi connectivity index (χ0) is 26.4. The third kappa shape index (κ3) is 7.18. The highest BCUT2D eigenvalue weighted by Crippen LogP contribution is 2.39. The van der Waals surface area contributed by atoms with Crippen LogP contribution >= 0.6 is 22.9 Å². The summed E-state index contributed by atoms with van der Waals surface area (Å²) in [5.74, 6) is -0.0972. The van der Waals surface area contributed by atoms with Crippen molar-refractivity contribution in [2.75, 3.05) is 45.2 Å². The number of rotatable bonds is 11. The maximum absolute atomic E-state index is 11.6. The van der Waals surface area contributed by atoms with E-state index in [1.165, 1.54) is 0 Å². The molecule has 37 heavy (non-hydrogen) atoms. The van der Waals surface area contributed by atoms with Crippen LogP contribution in [-0.4, -0.2) is 60.8 Å². The standard InChI is InChI=1S/C29H36ClN4O2S/c1-5-36-27(35)12-9-17-34(3,4)16-7-6-14-33-15-13-22(28-23(30)10-8-11-24(28)33)19-26-32-29-25(37-26)18-21(2)20-31-29/h8,10-11,13,15,18-20H,5-7,9,12,14,16-17H2,1-4H3/q+1. The number of carbonyl (C=O) groups excluding carboxylic acids is 1. The number of allylic oxidation sites excluding steroid dienone is 2. The van der Waals surface area contributed by atoms with Crippen molar-refractivity contribution in [3.8, 4) is 0 Å². The lowest BCUT2D eigenvalue weighted by Crippen LogP contribution is -2.41. The fraction of sp³-hybridized carbons (Fsp3) is 0.414.